The van der Waals surface area contributed by atoms with Crippen LogP contribution < -0.4 is 0 Å². The van der Waals surface area contributed by atoms with Gasteiger partial charge in [-0.3, -0.25) is 19.7 Å². The summed E-state index contributed by atoms with van der Waals surface area (Å²) >= 11 is 0. The van der Waals surface area contributed by atoms with Gasteiger partial charge in [0.05, 0.1) is 0 Å². The Labute approximate surface area is 132 Å². The molecule has 2 aromatic rings. The number of carbonyl (C=O) groups is 2. The lowest BCUT2D eigenvalue weighted by Gasteiger charge is -2.17. The zero-order valence-electron chi connectivity index (χ0n) is 12.2. The predicted octanol–water partition coefficient (Wildman–Crippen LogP) is 2.98. The van der Waals surface area contributed by atoms with E-state index in [0.717, 1.165) is 0 Å². The maximum Gasteiger partial charge on any atom is 0.314 e. The molecule has 2 atom stereocenters. The minimum Gasteiger partial charge on any atom is -0.481 e. The Morgan fingerprint density at radius 3 is 2.00 bits per heavy atom. The van der Waals surface area contributed by atoms with Crippen LogP contribution in [0.25, 0.3) is 0 Å². The van der Waals surface area contributed by atoms with Crippen molar-refractivity contribution in [1.29, 1.82) is 0 Å². The van der Waals surface area contributed by atoms with E-state index in [-0.39, 0.29) is 5.56 Å². The quantitative estimate of drug-likeness (QED) is 0.481. The molecule has 0 aliphatic heterocycles. The van der Waals surface area contributed by atoms with Crippen LogP contribution in [0, 0.1) is 16.0 Å². The Morgan fingerprint density at radius 2 is 1.52 bits per heavy atom. The second kappa shape index (κ2) is 7.31. The molecule has 2 rings (SSSR count). The van der Waals surface area contributed by atoms with Crippen molar-refractivity contribution in [2.45, 2.75) is 12.5 Å². The molecule has 0 aromatic heterocycles. The molecule has 23 heavy (non-hydrogen) atoms. The molecule has 0 bridgehead atoms. The Balaban J connectivity index is 2.31. The van der Waals surface area contributed by atoms with Crippen LogP contribution in [0.4, 0.5) is 0 Å². The number of rotatable bonds is 7. The molecule has 0 heterocycles. The normalized spacial score (nSPS) is 13.0. The summed E-state index contributed by atoms with van der Waals surface area (Å²) in [5.74, 6) is -3.22. The first-order chi connectivity index (χ1) is 11.0. The molecule has 0 saturated carbocycles. The standard InChI is InChI=1S/C17H15NO5/c19-15(12-7-3-1-4-8-12)11-14(17(20)21)16(18(22)23)13-9-5-2-6-10-13/h1-10,14,16H,11H2,(H,20,21)/t14-,16+/m1/s1. The van der Waals surface area contributed by atoms with E-state index in [2.05, 4.69) is 0 Å². The second-order valence-corrected chi connectivity index (χ2v) is 5.08. The van der Waals surface area contributed by atoms with Gasteiger partial charge in [-0.15, -0.1) is 0 Å². The van der Waals surface area contributed by atoms with Crippen molar-refractivity contribution in [3.8, 4) is 0 Å². The Hall–Kier alpha value is -3.02. The molecule has 1 N–H and O–H groups in total. The predicted molar refractivity (Wildman–Crippen MR) is 82.7 cm³/mol. The van der Waals surface area contributed by atoms with Crippen molar-refractivity contribution in [3.63, 3.8) is 0 Å². The minimum atomic E-state index is -1.47. The van der Waals surface area contributed by atoms with Crippen LogP contribution in [-0.4, -0.2) is 21.8 Å². The summed E-state index contributed by atoms with van der Waals surface area (Å²) in [5.41, 5.74) is 0.611. The third kappa shape index (κ3) is 4.00. The molecule has 0 spiro atoms. The minimum absolute atomic E-state index is 0.269. The lowest BCUT2D eigenvalue weighted by molar-refractivity contribution is -0.536. The van der Waals surface area contributed by atoms with Gasteiger partial charge in [-0.25, -0.2) is 0 Å². The Morgan fingerprint density at radius 1 is 1.00 bits per heavy atom. The monoisotopic (exact) mass is 313 g/mol. The third-order valence-corrected chi connectivity index (χ3v) is 3.57. The third-order valence-electron chi connectivity index (χ3n) is 3.57. The van der Waals surface area contributed by atoms with Gasteiger partial charge in [0.1, 0.15) is 5.92 Å². The van der Waals surface area contributed by atoms with E-state index in [0.29, 0.717) is 5.56 Å². The van der Waals surface area contributed by atoms with Crippen molar-refractivity contribution in [2.75, 3.05) is 0 Å². The average molecular weight is 313 g/mol. The lowest BCUT2D eigenvalue weighted by Crippen LogP contribution is -2.30. The van der Waals surface area contributed by atoms with Crippen LogP contribution in [-0.2, 0) is 4.79 Å². The average Bonchev–Trinajstić information content (AvgIpc) is 2.55. The summed E-state index contributed by atoms with van der Waals surface area (Å²) in [7, 11) is 0. The van der Waals surface area contributed by atoms with Gasteiger partial charge < -0.3 is 5.11 Å². The summed E-state index contributed by atoms with van der Waals surface area (Å²) in [6.45, 7) is 0. The molecule has 0 aliphatic rings. The van der Waals surface area contributed by atoms with Crippen molar-refractivity contribution >= 4 is 11.8 Å². The number of hydrogen-bond acceptors (Lipinski definition) is 4. The number of benzene rings is 2. The molecule has 0 radical (unpaired) electrons. The molecular weight excluding hydrogens is 298 g/mol. The number of Topliss-reactive ketones (excluding diaryl/α,β-unsaturated/α-hetero) is 1. The maximum atomic E-state index is 12.2. The second-order valence-electron chi connectivity index (χ2n) is 5.08. The highest BCUT2D eigenvalue weighted by molar-refractivity contribution is 5.98. The van der Waals surface area contributed by atoms with E-state index in [1.54, 1.807) is 48.5 Å². The van der Waals surface area contributed by atoms with Crippen molar-refractivity contribution in [2.24, 2.45) is 5.92 Å². The van der Waals surface area contributed by atoms with Gasteiger partial charge in [0.25, 0.3) is 6.04 Å². The van der Waals surface area contributed by atoms with Gasteiger partial charge in [0.15, 0.2) is 5.78 Å². The highest BCUT2D eigenvalue weighted by Gasteiger charge is 2.40. The first kappa shape index (κ1) is 16.4. The topological polar surface area (TPSA) is 97.5 Å². The fourth-order valence-corrected chi connectivity index (χ4v) is 2.43. The Bertz CT molecular complexity index is 699. The van der Waals surface area contributed by atoms with Crippen molar-refractivity contribution in [3.05, 3.63) is 81.9 Å². The summed E-state index contributed by atoms with van der Waals surface area (Å²) in [4.78, 5) is 34.5. The van der Waals surface area contributed by atoms with Crippen LogP contribution in [0.5, 0.6) is 0 Å². The number of carboxylic acids is 1. The fraction of sp³-hybridized carbons (Fsp3) is 0.176. The molecule has 6 nitrogen and oxygen atoms in total. The molecule has 6 heteroatoms. The SMILES string of the molecule is O=C(C[C@@H](C(=O)O)[C@H](c1ccccc1)[N+](=O)[O-])c1ccccc1. The first-order valence-electron chi connectivity index (χ1n) is 7.00. The van der Waals surface area contributed by atoms with Gasteiger partial charge in [0.2, 0.25) is 0 Å². The summed E-state index contributed by atoms with van der Waals surface area (Å²) in [6.07, 6.45) is -0.431. The van der Waals surface area contributed by atoms with Crippen LogP contribution in [0.1, 0.15) is 28.4 Å². The molecule has 0 fully saturated rings. The number of hydrogen-bond donors (Lipinski definition) is 1. The number of nitrogens with zero attached hydrogens (tertiary/aromatic N) is 1. The Kier molecular flexibility index (Phi) is 5.19. The molecule has 2 aromatic carbocycles. The molecule has 0 unspecified atom stereocenters. The number of nitro groups is 1. The van der Waals surface area contributed by atoms with Gasteiger partial charge in [-0.2, -0.15) is 0 Å². The van der Waals surface area contributed by atoms with Gasteiger partial charge in [-0.1, -0.05) is 60.7 Å². The zero-order valence-corrected chi connectivity index (χ0v) is 12.2. The highest BCUT2D eigenvalue weighted by Crippen LogP contribution is 2.29. The van der Waals surface area contributed by atoms with Gasteiger partial charge in [0, 0.05) is 22.5 Å². The fourth-order valence-electron chi connectivity index (χ4n) is 2.43. The van der Waals surface area contributed by atoms with Crippen LogP contribution in [0.2, 0.25) is 0 Å². The van der Waals surface area contributed by atoms with Crippen molar-refractivity contribution in [1.82, 2.24) is 0 Å². The van der Waals surface area contributed by atoms with Gasteiger partial charge >= 0.3 is 5.97 Å². The lowest BCUT2D eigenvalue weighted by atomic mass is 9.88. The number of aliphatic carboxylic acids is 1. The number of ketones is 1. The largest absolute Gasteiger partial charge is 0.481 e. The molecule has 0 amide bonds. The van der Waals surface area contributed by atoms with E-state index >= 15 is 0 Å². The van der Waals surface area contributed by atoms with E-state index < -0.39 is 35.1 Å². The van der Waals surface area contributed by atoms with E-state index in [9.17, 15) is 24.8 Å². The van der Waals surface area contributed by atoms with Crippen molar-refractivity contribution < 1.29 is 19.6 Å². The van der Waals surface area contributed by atoms with Gasteiger partial charge in [-0.05, 0) is 0 Å². The molecule has 0 aliphatic carbocycles. The maximum absolute atomic E-state index is 12.2. The zero-order chi connectivity index (χ0) is 16.8. The molecular formula is C17H15NO5. The summed E-state index contributed by atoms with van der Waals surface area (Å²) in [5, 5.41) is 20.8. The van der Waals surface area contributed by atoms with Crippen LogP contribution in [0.3, 0.4) is 0 Å². The van der Waals surface area contributed by atoms with E-state index in [1.165, 1.54) is 12.1 Å². The summed E-state index contributed by atoms with van der Waals surface area (Å²) < 4.78 is 0. The highest BCUT2D eigenvalue weighted by atomic mass is 16.6. The summed E-state index contributed by atoms with van der Waals surface area (Å²) in [6, 6.07) is 14.6. The van der Waals surface area contributed by atoms with E-state index in [1.807, 2.05) is 0 Å². The number of carbonyl (C=O) groups excluding carboxylic acids is 1. The number of carboxylic acid groups (broad SMARTS) is 1. The molecule has 118 valence electrons. The van der Waals surface area contributed by atoms with Crippen LogP contribution >= 0.6 is 0 Å². The first-order valence-corrected chi connectivity index (χ1v) is 7.00. The smallest absolute Gasteiger partial charge is 0.314 e. The van der Waals surface area contributed by atoms with Crippen LogP contribution in [0.15, 0.2) is 60.7 Å². The molecule has 0 saturated heterocycles. The van der Waals surface area contributed by atoms with E-state index in [4.69, 9.17) is 0 Å².